The van der Waals surface area contributed by atoms with Crippen LogP contribution in [0.25, 0.3) is 0 Å². The number of methoxy groups -OCH3 is 1. The van der Waals surface area contributed by atoms with E-state index in [4.69, 9.17) is 11.6 Å². The molecule has 0 unspecified atom stereocenters. The van der Waals surface area contributed by atoms with E-state index in [0.29, 0.717) is 0 Å². The van der Waals surface area contributed by atoms with Crippen molar-refractivity contribution in [1.29, 1.82) is 0 Å². The molecule has 1 rings (SSSR count). The van der Waals surface area contributed by atoms with Gasteiger partial charge in [-0.05, 0) is 0 Å². The van der Waals surface area contributed by atoms with Crippen molar-refractivity contribution in [3.63, 3.8) is 0 Å². The smallest absolute Gasteiger partial charge is 0.506 e. The Bertz CT molecular complexity index is 384. The van der Waals surface area contributed by atoms with E-state index in [9.17, 15) is 18.3 Å². The maximum Gasteiger partial charge on any atom is 0.573 e. The van der Waals surface area contributed by atoms with Gasteiger partial charge in [-0.3, -0.25) is 0 Å². The highest BCUT2D eigenvalue weighted by Gasteiger charge is 2.33. The lowest BCUT2D eigenvalue weighted by Gasteiger charge is -2.12. The third-order valence-corrected chi connectivity index (χ3v) is 1.81. The quantitative estimate of drug-likeness (QED) is 0.845. The summed E-state index contributed by atoms with van der Waals surface area (Å²) in [6, 6.07) is 0.747. The number of halogens is 4. The second-order valence-corrected chi connectivity index (χ2v) is 2.91. The van der Waals surface area contributed by atoms with E-state index in [0.717, 1.165) is 13.2 Å². The van der Waals surface area contributed by atoms with Crippen LogP contribution in [0.5, 0.6) is 17.4 Å². The summed E-state index contributed by atoms with van der Waals surface area (Å²) >= 11 is 5.41. The van der Waals surface area contributed by atoms with E-state index in [1.165, 1.54) is 0 Å². The number of hydrogen-bond acceptors (Lipinski definition) is 4. The van der Waals surface area contributed by atoms with Crippen molar-refractivity contribution in [2.24, 2.45) is 0 Å². The lowest BCUT2D eigenvalue weighted by Crippen LogP contribution is -2.18. The number of aromatic hydroxyl groups is 1. The fourth-order valence-corrected chi connectivity index (χ4v) is 1.14. The zero-order chi connectivity index (χ0) is 12.3. The van der Waals surface area contributed by atoms with Crippen LogP contribution in [0.1, 0.15) is 5.69 Å². The van der Waals surface area contributed by atoms with E-state index < -0.39 is 23.7 Å². The molecule has 0 saturated heterocycles. The fraction of sp³-hybridized carbons (Fsp3) is 0.375. The Balaban J connectivity index is 3.13. The number of aromatic nitrogens is 1. The first-order valence-corrected chi connectivity index (χ1v) is 4.49. The maximum absolute atomic E-state index is 12.0. The molecule has 16 heavy (non-hydrogen) atoms. The minimum atomic E-state index is -4.89. The molecular formula is C8H7ClF3NO3. The van der Waals surface area contributed by atoms with E-state index in [1.807, 2.05) is 0 Å². The van der Waals surface area contributed by atoms with Crippen LogP contribution in [0.2, 0.25) is 0 Å². The molecule has 0 fully saturated rings. The third-order valence-electron chi connectivity index (χ3n) is 1.56. The SMILES string of the molecule is COc1nc(CCl)c(O)cc1OC(F)(F)F. The molecule has 0 aliphatic rings. The summed E-state index contributed by atoms with van der Waals surface area (Å²) in [5.74, 6) is -1.77. The molecule has 0 atom stereocenters. The summed E-state index contributed by atoms with van der Waals surface area (Å²) in [6.07, 6.45) is -4.89. The summed E-state index contributed by atoms with van der Waals surface area (Å²) in [4.78, 5) is 3.56. The molecule has 0 saturated carbocycles. The molecule has 0 spiro atoms. The van der Waals surface area contributed by atoms with E-state index in [2.05, 4.69) is 14.5 Å². The van der Waals surface area contributed by atoms with Gasteiger partial charge in [-0.15, -0.1) is 24.8 Å². The Kier molecular flexibility index (Phi) is 3.69. The molecule has 0 bridgehead atoms. The van der Waals surface area contributed by atoms with Crippen LogP contribution in [-0.4, -0.2) is 23.6 Å². The number of ether oxygens (including phenoxy) is 2. The van der Waals surface area contributed by atoms with Crippen LogP contribution in [0.4, 0.5) is 13.2 Å². The highest BCUT2D eigenvalue weighted by Crippen LogP contribution is 2.35. The van der Waals surface area contributed by atoms with Gasteiger partial charge in [0.1, 0.15) is 11.4 Å². The number of nitrogens with zero attached hydrogens (tertiary/aromatic N) is 1. The first-order valence-electron chi connectivity index (χ1n) is 3.96. The summed E-state index contributed by atoms with van der Waals surface area (Å²) in [6.45, 7) is 0. The van der Waals surface area contributed by atoms with Crippen molar-refractivity contribution in [2.75, 3.05) is 7.11 Å². The van der Waals surface area contributed by atoms with Crippen molar-refractivity contribution in [3.8, 4) is 17.4 Å². The minimum absolute atomic E-state index is 0.00745. The van der Waals surface area contributed by atoms with Gasteiger partial charge in [0, 0.05) is 6.07 Å². The van der Waals surface area contributed by atoms with Crippen molar-refractivity contribution >= 4 is 11.6 Å². The van der Waals surface area contributed by atoms with Gasteiger partial charge in [-0.25, -0.2) is 4.98 Å². The monoisotopic (exact) mass is 257 g/mol. The van der Waals surface area contributed by atoms with Crippen molar-refractivity contribution in [3.05, 3.63) is 11.8 Å². The third kappa shape index (κ3) is 3.06. The molecule has 0 aliphatic carbocycles. The van der Waals surface area contributed by atoms with Crippen LogP contribution in [0, 0.1) is 0 Å². The molecule has 1 heterocycles. The van der Waals surface area contributed by atoms with Gasteiger partial charge in [0.2, 0.25) is 0 Å². The Labute approximate surface area is 93.6 Å². The van der Waals surface area contributed by atoms with Gasteiger partial charge in [-0.1, -0.05) is 0 Å². The molecule has 4 nitrogen and oxygen atoms in total. The minimum Gasteiger partial charge on any atom is -0.506 e. The average Bonchev–Trinajstić information content (AvgIpc) is 2.16. The van der Waals surface area contributed by atoms with Crippen LogP contribution in [-0.2, 0) is 5.88 Å². The molecule has 0 aromatic carbocycles. The molecule has 0 radical (unpaired) electrons. The second-order valence-electron chi connectivity index (χ2n) is 2.64. The lowest BCUT2D eigenvalue weighted by atomic mass is 10.3. The van der Waals surface area contributed by atoms with Gasteiger partial charge in [0.25, 0.3) is 5.88 Å². The number of pyridine rings is 1. The topological polar surface area (TPSA) is 51.6 Å². The first kappa shape index (κ1) is 12.7. The molecule has 1 aromatic rings. The van der Waals surface area contributed by atoms with E-state index in [-0.39, 0.29) is 11.6 Å². The number of hydrogen-bond donors (Lipinski definition) is 1. The van der Waals surface area contributed by atoms with Gasteiger partial charge >= 0.3 is 6.36 Å². The highest BCUT2D eigenvalue weighted by molar-refractivity contribution is 6.17. The molecule has 8 heteroatoms. The first-order chi connectivity index (χ1) is 7.37. The van der Waals surface area contributed by atoms with Crippen LogP contribution in [0.3, 0.4) is 0 Å². The predicted octanol–water partition coefficient (Wildman–Crippen LogP) is 2.43. The van der Waals surface area contributed by atoms with Crippen molar-refractivity contribution in [2.45, 2.75) is 12.2 Å². The van der Waals surface area contributed by atoms with Crippen molar-refractivity contribution < 1.29 is 27.8 Å². The normalized spacial score (nSPS) is 11.3. The Hall–Kier alpha value is -1.37. The molecule has 1 aromatic heterocycles. The standard InChI is InChI=1S/C8H7ClF3NO3/c1-15-7-6(16-8(10,11)12)2-5(14)4(3-9)13-7/h2,14H,3H2,1H3. The Morgan fingerprint density at radius 3 is 2.56 bits per heavy atom. The molecular weight excluding hydrogens is 251 g/mol. The number of rotatable bonds is 3. The van der Waals surface area contributed by atoms with Crippen LogP contribution in [0.15, 0.2) is 6.07 Å². The largest absolute Gasteiger partial charge is 0.573 e. The lowest BCUT2D eigenvalue weighted by molar-refractivity contribution is -0.275. The predicted molar refractivity (Wildman–Crippen MR) is 48.7 cm³/mol. The van der Waals surface area contributed by atoms with Crippen LogP contribution >= 0.6 is 11.6 Å². The van der Waals surface area contributed by atoms with E-state index in [1.54, 1.807) is 0 Å². The maximum atomic E-state index is 12.0. The summed E-state index contributed by atoms with van der Waals surface area (Å²) in [5, 5.41) is 9.26. The summed E-state index contributed by atoms with van der Waals surface area (Å²) in [7, 11) is 1.13. The average molecular weight is 258 g/mol. The Morgan fingerprint density at radius 2 is 2.12 bits per heavy atom. The van der Waals surface area contributed by atoms with E-state index >= 15 is 0 Å². The zero-order valence-corrected chi connectivity index (χ0v) is 8.76. The van der Waals surface area contributed by atoms with Crippen LogP contribution < -0.4 is 9.47 Å². The molecule has 90 valence electrons. The summed E-state index contributed by atoms with van der Waals surface area (Å²) < 4.78 is 44.1. The molecule has 0 aliphatic heterocycles. The van der Waals surface area contributed by atoms with Gasteiger partial charge < -0.3 is 14.6 Å². The Morgan fingerprint density at radius 1 is 1.50 bits per heavy atom. The van der Waals surface area contributed by atoms with Gasteiger partial charge in [0.05, 0.1) is 13.0 Å². The highest BCUT2D eigenvalue weighted by atomic mass is 35.5. The summed E-state index contributed by atoms with van der Waals surface area (Å²) in [5.41, 5.74) is 0.00745. The van der Waals surface area contributed by atoms with Gasteiger partial charge in [0.15, 0.2) is 5.75 Å². The van der Waals surface area contributed by atoms with Gasteiger partial charge in [-0.2, -0.15) is 0 Å². The molecule has 1 N–H and O–H groups in total. The zero-order valence-electron chi connectivity index (χ0n) is 8.01. The molecule has 0 amide bonds. The fourth-order valence-electron chi connectivity index (χ4n) is 0.947. The second kappa shape index (κ2) is 4.65. The number of alkyl halides is 4. The van der Waals surface area contributed by atoms with Crippen molar-refractivity contribution in [1.82, 2.24) is 4.98 Å².